The van der Waals surface area contributed by atoms with Crippen molar-refractivity contribution in [2.75, 3.05) is 13.2 Å². The summed E-state index contributed by atoms with van der Waals surface area (Å²) < 4.78 is 31.9. The molecule has 0 spiro atoms. The molecule has 0 aliphatic heterocycles. The molecule has 200 valence electrons. The fourth-order valence-corrected chi connectivity index (χ4v) is 4.18. The Labute approximate surface area is 198 Å². The number of phosphoric acid groups is 1. The van der Waals surface area contributed by atoms with Crippen LogP contribution in [0.4, 0.5) is 0 Å². The third-order valence-corrected chi connectivity index (χ3v) is 6.24. The zero-order chi connectivity index (χ0) is 25.9. The van der Waals surface area contributed by atoms with Gasteiger partial charge in [-0.15, -0.1) is 0 Å². The molecule has 0 amide bonds. The van der Waals surface area contributed by atoms with Crippen LogP contribution in [-0.4, -0.2) is 98.3 Å². The second-order valence-electron chi connectivity index (χ2n) is 8.10. The molecule has 0 radical (unpaired) electrons. The smallest absolute Gasteiger partial charge is 0.462 e. The molecule has 6 N–H and O–H groups in total. The molecule has 0 aromatic heterocycles. The number of unbranched alkanes of at least 4 members (excludes halogenated alkanes) is 4. The summed E-state index contributed by atoms with van der Waals surface area (Å²) in [5.74, 6) is -1.22. The Bertz CT molecular complexity index is 659. The number of hydrogen-bond acceptors (Lipinski definition) is 12. The normalized spacial score (nSPS) is 29.8. The van der Waals surface area contributed by atoms with Crippen LogP contribution < -0.4 is 0 Å². The Morgan fingerprint density at radius 2 is 1.38 bits per heavy atom. The third kappa shape index (κ3) is 10.2. The van der Waals surface area contributed by atoms with Crippen LogP contribution in [0, 0.1) is 0 Å². The molecule has 0 saturated heterocycles. The van der Waals surface area contributed by atoms with Crippen molar-refractivity contribution in [3.8, 4) is 0 Å². The molecule has 0 heterocycles. The lowest BCUT2D eigenvalue weighted by Gasteiger charge is -2.41. The highest BCUT2D eigenvalue weighted by molar-refractivity contribution is 7.47. The minimum Gasteiger partial charge on any atom is -0.462 e. The van der Waals surface area contributed by atoms with E-state index >= 15 is 0 Å². The summed E-state index contributed by atoms with van der Waals surface area (Å²) in [6.45, 7) is 2.42. The van der Waals surface area contributed by atoms with E-state index in [1.165, 1.54) is 0 Å². The fourth-order valence-electron chi connectivity index (χ4n) is 3.20. The van der Waals surface area contributed by atoms with Crippen molar-refractivity contribution in [1.82, 2.24) is 0 Å². The predicted octanol–water partition coefficient (Wildman–Crippen LogP) is -0.468. The largest absolute Gasteiger partial charge is 0.472 e. The lowest BCUT2D eigenvalue weighted by Crippen LogP contribution is -2.64. The number of carbonyl (C=O) groups excluding carboxylic acids is 2. The number of rotatable bonds is 15. The van der Waals surface area contributed by atoms with Crippen LogP contribution in [0.5, 0.6) is 0 Å². The van der Waals surface area contributed by atoms with Gasteiger partial charge in [-0.05, 0) is 6.42 Å². The number of phosphoric ester groups is 1. The van der Waals surface area contributed by atoms with Crippen molar-refractivity contribution in [2.24, 2.45) is 0 Å². The van der Waals surface area contributed by atoms with Crippen LogP contribution in [0.15, 0.2) is 0 Å². The highest BCUT2D eigenvalue weighted by Crippen LogP contribution is 2.47. The lowest BCUT2D eigenvalue weighted by molar-refractivity contribution is -0.220. The van der Waals surface area contributed by atoms with Gasteiger partial charge in [0.2, 0.25) is 0 Å². The molecule has 0 bridgehead atoms. The number of aliphatic hydroxyl groups excluding tert-OH is 5. The van der Waals surface area contributed by atoms with Gasteiger partial charge in [0, 0.05) is 12.8 Å². The summed E-state index contributed by atoms with van der Waals surface area (Å²) in [5.41, 5.74) is 0. The van der Waals surface area contributed by atoms with E-state index in [1.807, 2.05) is 0 Å². The maximum atomic E-state index is 12.3. The van der Waals surface area contributed by atoms with Crippen molar-refractivity contribution in [3.63, 3.8) is 0 Å². The van der Waals surface area contributed by atoms with Crippen LogP contribution in [-0.2, 0) is 32.7 Å². The van der Waals surface area contributed by atoms with Crippen molar-refractivity contribution in [1.29, 1.82) is 0 Å². The monoisotopic (exact) mass is 516 g/mol. The maximum absolute atomic E-state index is 12.3. The van der Waals surface area contributed by atoms with E-state index in [1.54, 1.807) is 6.92 Å². The molecular formula is C20H37O13P. The maximum Gasteiger partial charge on any atom is 0.472 e. The highest BCUT2D eigenvalue weighted by Gasteiger charge is 2.51. The average Bonchev–Trinajstić information content (AvgIpc) is 2.80. The quantitative estimate of drug-likeness (QED) is 0.0925. The highest BCUT2D eigenvalue weighted by atomic mass is 31.2. The molecular weight excluding hydrogens is 479 g/mol. The number of aliphatic hydroxyl groups is 5. The second kappa shape index (κ2) is 15.1. The van der Waals surface area contributed by atoms with Gasteiger partial charge >= 0.3 is 19.8 Å². The van der Waals surface area contributed by atoms with Crippen molar-refractivity contribution in [2.45, 2.75) is 102 Å². The van der Waals surface area contributed by atoms with Crippen molar-refractivity contribution < 1.29 is 63.1 Å². The zero-order valence-corrected chi connectivity index (χ0v) is 20.3. The molecule has 34 heavy (non-hydrogen) atoms. The molecule has 1 aliphatic carbocycles. The van der Waals surface area contributed by atoms with Gasteiger partial charge in [-0.2, -0.15) is 0 Å². The van der Waals surface area contributed by atoms with Gasteiger partial charge < -0.3 is 39.9 Å². The van der Waals surface area contributed by atoms with E-state index in [2.05, 4.69) is 6.92 Å². The molecule has 1 rings (SSSR count). The molecule has 6 unspecified atom stereocenters. The molecule has 0 aromatic rings. The first kappa shape index (κ1) is 30.9. The van der Waals surface area contributed by atoms with Gasteiger partial charge in [-0.25, -0.2) is 4.57 Å². The first-order valence-corrected chi connectivity index (χ1v) is 12.8. The van der Waals surface area contributed by atoms with E-state index < -0.39 is 75.7 Å². The Kier molecular flexibility index (Phi) is 13.7. The Morgan fingerprint density at radius 1 is 0.824 bits per heavy atom. The minimum atomic E-state index is -5.05. The number of ether oxygens (including phenoxy) is 2. The number of esters is 2. The summed E-state index contributed by atoms with van der Waals surface area (Å²) in [6, 6.07) is 0. The van der Waals surface area contributed by atoms with Crippen molar-refractivity contribution >= 4 is 19.8 Å². The number of carbonyl (C=O) groups is 2. The van der Waals surface area contributed by atoms with Gasteiger partial charge in [0.1, 0.15) is 43.2 Å². The molecule has 1 saturated carbocycles. The SMILES string of the molecule is CCCCCCCC(=O)OC(COC(=O)CC)COP(=O)(O)OC1C(O)C(O)C(O)C(O)C1O. The predicted molar refractivity (Wildman–Crippen MR) is 115 cm³/mol. The lowest BCUT2D eigenvalue weighted by atomic mass is 9.85. The van der Waals surface area contributed by atoms with Crippen LogP contribution in [0.2, 0.25) is 0 Å². The first-order chi connectivity index (χ1) is 15.9. The standard InChI is InChI=1S/C20H37O13P/c1-3-5-6-7-8-9-14(22)32-12(10-30-13(21)4-2)11-31-34(28,29)33-20-18(26)16(24)15(23)17(25)19(20)27/h12,15-20,23-27H,3-11H2,1-2H3,(H,28,29). The average molecular weight is 516 g/mol. The van der Waals surface area contributed by atoms with E-state index in [-0.39, 0.29) is 12.8 Å². The van der Waals surface area contributed by atoms with Crippen LogP contribution in [0.3, 0.4) is 0 Å². The Balaban J connectivity index is 2.70. The number of hydrogen-bond donors (Lipinski definition) is 6. The fraction of sp³-hybridized carbons (Fsp3) is 0.900. The molecule has 1 fully saturated rings. The molecule has 1 aliphatic rings. The van der Waals surface area contributed by atoms with Gasteiger partial charge in [-0.1, -0.05) is 39.5 Å². The van der Waals surface area contributed by atoms with E-state index in [4.69, 9.17) is 18.5 Å². The van der Waals surface area contributed by atoms with E-state index in [9.17, 15) is 44.6 Å². The molecule has 14 heteroatoms. The van der Waals surface area contributed by atoms with Crippen LogP contribution in [0.1, 0.15) is 58.8 Å². The zero-order valence-electron chi connectivity index (χ0n) is 19.4. The van der Waals surface area contributed by atoms with Crippen LogP contribution >= 0.6 is 7.82 Å². The molecule has 0 aromatic carbocycles. The Hall–Kier alpha value is -1.15. The van der Waals surface area contributed by atoms with Gasteiger partial charge in [0.05, 0.1) is 6.61 Å². The van der Waals surface area contributed by atoms with Gasteiger partial charge in [-0.3, -0.25) is 18.6 Å². The summed E-state index contributed by atoms with van der Waals surface area (Å²) in [7, 11) is -5.05. The third-order valence-electron chi connectivity index (χ3n) is 5.25. The topological polar surface area (TPSA) is 210 Å². The second-order valence-corrected chi connectivity index (χ2v) is 9.51. The first-order valence-electron chi connectivity index (χ1n) is 11.3. The molecule has 6 atom stereocenters. The van der Waals surface area contributed by atoms with Crippen LogP contribution in [0.25, 0.3) is 0 Å². The molecule has 13 nitrogen and oxygen atoms in total. The van der Waals surface area contributed by atoms with Gasteiger partial charge in [0.25, 0.3) is 0 Å². The Morgan fingerprint density at radius 3 is 1.94 bits per heavy atom. The van der Waals surface area contributed by atoms with Crippen molar-refractivity contribution in [3.05, 3.63) is 0 Å². The summed E-state index contributed by atoms with van der Waals surface area (Å²) in [4.78, 5) is 33.5. The van der Waals surface area contributed by atoms with Gasteiger partial charge in [0.15, 0.2) is 6.10 Å². The van der Waals surface area contributed by atoms with E-state index in [0.29, 0.717) is 6.42 Å². The summed E-state index contributed by atoms with van der Waals surface area (Å²) in [5, 5.41) is 48.9. The van der Waals surface area contributed by atoms with E-state index in [0.717, 1.165) is 25.7 Å². The summed E-state index contributed by atoms with van der Waals surface area (Å²) >= 11 is 0. The minimum absolute atomic E-state index is 0.0501. The summed E-state index contributed by atoms with van der Waals surface area (Å²) in [6.07, 6.45) is -8.53.